The largest absolute Gasteiger partial charge is 0.454 e. The zero-order valence-corrected chi connectivity index (χ0v) is 42.4. The summed E-state index contributed by atoms with van der Waals surface area (Å²) in [6, 6.07) is 88.1. The first-order valence-corrected chi connectivity index (χ1v) is 25.7. The van der Waals surface area contributed by atoms with Gasteiger partial charge in [0.25, 0.3) is 0 Å². The standard InChI is InChI=1S/C71H57NO/c1-69(2,3)54-30-34-56(35-31-54)71(57-36-32-55(33-37-57)70(4,5)6)64-19-11-9-16-60(64)61-41-40-59(45-65(61)71)72(66-20-13-18-63-62-17-10-12-21-67(62)73-68(63)66)58-38-28-47(29-39-58)49-24-25-52-44-53(27-26-51(52)43-49)50-23-22-46-14-7-8-15-48(46)42-50/h7-45H,1-6H3. The first-order valence-electron chi connectivity index (χ1n) is 25.7. The fraction of sp³-hybridized carbons (Fsp3) is 0.127. The molecule has 0 spiro atoms. The van der Waals surface area contributed by atoms with Crippen molar-refractivity contribution in [2.45, 2.75) is 57.8 Å². The van der Waals surface area contributed by atoms with Gasteiger partial charge in [-0.05, 0) is 154 Å². The first-order chi connectivity index (χ1) is 35.4. The Hall–Kier alpha value is -8.46. The van der Waals surface area contributed by atoms with Gasteiger partial charge >= 0.3 is 0 Å². The van der Waals surface area contributed by atoms with E-state index in [1.54, 1.807) is 0 Å². The van der Waals surface area contributed by atoms with Gasteiger partial charge in [-0.1, -0.05) is 224 Å². The number of anilines is 3. The summed E-state index contributed by atoms with van der Waals surface area (Å²) in [7, 11) is 0. The molecule has 73 heavy (non-hydrogen) atoms. The van der Waals surface area contributed by atoms with E-state index < -0.39 is 5.41 Å². The predicted octanol–water partition coefficient (Wildman–Crippen LogP) is 19.7. The Balaban J connectivity index is 0.970. The summed E-state index contributed by atoms with van der Waals surface area (Å²) in [5.41, 5.74) is 19.3. The molecule has 0 saturated carbocycles. The topological polar surface area (TPSA) is 16.4 Å². The summed E-state index contributed by atoms with van der Waals surface area (Å²) in [6.07, 6.45) is 0. The number of hydrogen-bond donors (Lipinski definition) is 0. The average molecular weight is 940 g/mol. The molecule has 1 aliphatic rings. The van der Waals surface area contributed by atoms with Crippen molar-refractivity contribution < 1.29 is 4.42 Å². The lowest BCUT2D eigenvalue weighted by Crippen LogP contribution is -2.29. The molecule has 11 aromatic carbocycles. The Morgan fingerprint density at radius 1 is 0.356 bits per heavy atom. The van der Waals surface area contributed by atoms with Crippen LogP contribution in [-0.2, 0) is 16.2 Å². The smallest absolute Gasteiger partial charge is 0.159 e. The molecule has 352 valence electrons. The minimum absolute atomic E-state index is 0.0176. The number of fused-ring (bicyclic) bond motifs is 8. The lowest BCUT2D eigenvalue weighted by atomic mass is 9.67. The number of benzene rings is 11. The monoisotopic (exact) mass is 939 g/mol. The zero-order valence-electron chi connectivity index (χ0n) is 42.4. The van der Waals surface area contributed by atoms with Crippen molar-refractivity contribution >= 4 is 60.5 Å². The van der Waals surface area contributed by atoms with Gasteiger partial charge in [0.2, 0.25) is 0 Å². The minimum Gasteiger partial charge on any atom is -0.454 e. The van der Waals surface area contributed by atoms with Crippen molar-refractivity contribution in [3.05, 3.63) is 270 Å². The summed E-state index contributed by atoms with van der Waals surface area (Å²) in [5.74, 6) is 0. The van der Waals surface area contributed by atoms with Gasteiger partial charge in [-0.2, -0.15) is 0 Å². The molecule has 2 nitrogen and oxygen atoms in total. The highest BCUT2D eigenvalue weighted by Crippen LogP contribution is 2.58. The Labute approximate surface area is 428 Å². The van der Waals surface area contributed by atoms with E-state index in [1.807, 2.05) is 0 Å². The van der Waals surface area contributed by atoms with Crippen molar-refractivity contribution in [3.8, 4) is 33.4 Å². The van der Waals surface area contributed by atoms with Crippen LogP contribution in [0.3, 0.4) is 0 Å². The lowest BCUT2D eigenvalue weighted by molar-refractivity contribution is 0.588. The van der Waals surface area contributed by atoms with Crippen LogP contribution in [0.25, 0.3) is 76.9 Å². The number of nitrogens with zero attached hydrogens (tertiary/aromatic N) is 1. The summed E-state index contributed by atoms with van der Waals surface area (Å²) in [5, 5.41) is 7.15. The van der Waals surface area contributed by atoms with Crippen LogP contribution in [0.5, 0.6) is 0 Å². The van der Waals surface area contributed by atoms with Crippen molar-refractivity contribution in [3.63, 3.8) is 0 Å². The molecular formula is C71H57NO. The molecule has 1 aliphatic carbocycles. The van der Waals surface area contributed by atoms with Crippen LogP contribution in [0.15, 0.2) is 241 Å². The van der Waals surface area contributed by atoms with Crippen LogP contribution >= 0.6 is 0 Å². The third-order valence-corrected chi connectivity index (χ3v) is 15.7. The normalized spacial score (nSPS) is 13.2. The molecule has 0 fully saturated rings. The molecule has 0 radical (unpaired) electrons. The van der Waals surface area contributed by atoms with E-state index in [9.17, 15) is 0 Å². The zero-order chi connectivity index (χ0) is 49.6. The van der Waals surface area contributed by atoms with E-state index >= 15 is 0 Å². The van der Waals surface area contributed by atoms with Crippen LogP contribution in [0.4, 0.5) is 17.1 Å². The van der Waals surface area contributed by atoms with Crippen LogP contribution in [0.1, 0.15) is 74.9 Å². The van der Waals surface area contributed by atoms with E-state index in [2.05, 4.69) is 283 Å². The molecule has 0 unspecified atom stereocenters. The highest BCUT2D eigenvalue weighted by molar-refractivity contribution is 6.10. The van der Waals surface area contributed by atoms with E-state index in [0.29, 0.717) is 0 Å². The maximum Gasteiger partial charge on any atom is 0.159 e. The Kier molecular flexibility index (Phi) is 10.3. The maximum absolute atomic E-state index is 6.86. The fourth-order valence-electron chi connectivity index (χ4n) is 11.7. The molecule has 0 N–H and O–H groups in total. The van der Waals surface area contributed by atoms with E-state index in [-0.39, 0.29) is 10.8 Å². The highest BCUT2D eigenvalue weighted by atomic mass is 16.3. The van der Waals surface area contributed by atoms with Gasteiger partial charge in [-0.25, -0.2) is 0 Å². The number of rotatable bonds is 7. The van der Waals surface area contributed by atoms with Crippen LogP contribution in [0.2, 0.25) is 0 Å². The van der Waals surface area contributed by atoms with Crippen molar-refractivity contribution in [2.24, 2.45) is 0 Å². The van der Waals surface area contributed by atoms with Gasteiger partial charge in [0.1, 0.15) is 5.58 Å². The van der Waals surface area contributed by atoms with Gasteiger partial charge in [0, 0.05) is 22.1 Å². The fourth-order valence-corrected chi connectivity index (χ4v) is 11.7. The van der Waals surface area contributed by atoms with E-state index in [1.165, 1.54) is 82.7 Å². The van der Waals surface area contributed by atoms with Crippen molar-refractivity contribution in [2.75, 3.05) is 4.90 Å². The van der Waals surface area contributed by atoms with Crippen molar-refractivity contribution in [1.29, 1.82) is 0 Å². The third-order valence-electron chi connectivity index (χ3n) is 15.7. The molecule has 1 heterocycles. The highest BCUT2D eigenvalue weighted by Gasteiger charge is 2.46. The second kappa shape index (κ2) is 16.8. The molecule has 0 bridgehead atoms. The molecular weight excluding hydrogens is 883 g/mol. The predicted molar refractivity (Wildman–Crippen MR) is 309 cm³/mol. The molecule has 0 aliphatic heterocycles. The quantitative estimate of drug-likeness (QED) is 0.158. The van der Waals surface area contributed by atoms with E-state index in [0.717, 1.165) is 44.6 Å². The first kappa shape index (κ1) is 44.5. The van der Waals surface area contributed by atoms with Crippen LogP contribution in [0, 0.1) is 0 Å². The minimum atomic E-state index is -0.595. The molecule has 13 rings (SSSR count). The molecule has 0 saturated heterocycles. The summed E-state index contributed by atoms with van der Waals surface area (Å²) >= 11 is 0. The van der Waals surface area contributed by atoms with Crippen LogP contribution in [-0.4, -0.2) is 0 Å². The Morgan fingerprint density at radius 3 is 1.49 bits per heavy atom. The molecule has 2 heteroatoms. The number of furan rings is 1. The molecule has 12 aromatic rings. The van der Waals surface area contributed by atoms with Gasteiger partial charge in [0.05, 0.1) is 11.1 Å². The van der Waals surface area contributed by atoms with Crippen molar-refractivity contribution in [1.82, 2.24) is 0 Å². The van der Waals surface area contributed by atoms with Crippen LogP contribution < -0.4 is 4.90 Å². The summed E-state index contributed by atoms with van der Waals surface area (Å²) < 4.78 is 6.86. The van der Waals surface area contributed by atoms with Gasteiger partial charge in [-0.3, -0.25) is 0 Å². The average Bonchev–Trinajstić information content (AvgIpc) is 3.95. The third kappa shape index (κ3) is 7.38. The second-order valence-electron chi connectivity index (χ2n) is 22.2. The van der Waals surface area contributed by atoms with Gasteiger partial charge < -0.3 is 9.32 Å². The molecule has 0 atom stereocenters. The number of para-hydroxylation sites is 2. The lowest BCUT2D eigenvalue weighted by Gasteiger charge is -2.36. The molecule has 1 aromatic heterocycles. The summed E-state index contributed by atoms with van der Waals surface area (Å²) in [4.78, 5) is 2.41. The van der Waals surface area contributed by atoms with Gasteiger partial charge in [0.15, 0.2) is 5.58 Å². The van der Waals surface area contributed by atoms with E-state index in [4.69, 9.17) is 4.42 Å². The summed E-state index contributed by atoms with van der Waals surface area (Å²) in [6.45, 7) is 13.8. The second-order valence-corrected chi connectivity index (χ2v) is 22.2. The Morgan fingerprint density at radius 2 is 0.849 bits per heavy atom. The Bertz CT molecular complexity index is 4030. The number of hydrogen-bond acceptors (Lipinski definition) is 2. The SMILES string of the molecule is CC(C)(C)c1ccc(C2(c3ccc(C(C)(C)C)cc3)c3ccccc3-c3ccc(N(c4ccc(-c5ccc6cc(-c7ccc8ccccc8c7)ccc6c5)cc4)c4cccc5c4oc4ccccc45)cc32)cc1. The van der Waals surface area contributed by atoms with Gasteiger partial charge in [-0.15, -0.1) is 0 Å². The molecule has 0 amide bonds. The maximum atomic E-state index is 6.86.